The standard InChI is InChI=1S/C46H88N4O2/c1-3-5-7-9-11-13-15-17-19-21-23-25-27-29-31-37-45(51)49(43-35-39-47)41-33-34-42-50(44-36-40-48)46(52)38-32-30-28-26-24-22-20-18-16-14-12-10-8-6-4-2/h11,13,17-20H,3-10,12,14-16,21-44,47-48H2,1-2H3/b13-11-,19-17-,20-18-. The largest absolute Gasteiger partial charge is 0.343 e. The zero-order chi connectivity index (χ0) is 38.0. The summed E-state index contributed by atoms with van der Waals surface area (Å²) >= 11 is 0. The summed E-state index contributed by atoms with van der Waals surface area (Å²) in [6.45, 7) is 8.72. The molecule has 6 heteroatoms. The van der Waals surface area contributed by atoms with Gasteiger partial charge in [0, 0.05) is 39.0 Å². The van der Waals surface area contributed by atoms with Gasteiger partial charge < -0.3 is 21.3 Å². The third-order valence-electron chi connectivity index (χ3n) is 10.1. The number of allylic oxidation sites excluding steroid dienone is 6. The lowest BCUT2D eigenvalue weighted by atomic mass is 10.1. The van der Waals surface area contributed by atoms with Crippen LogP contribution in [0.4, 0.5) is 0 Å². The van der Waals surface area contributed by atoms with Crippen molar-refractivity contribution in [2.75, 3.05) is 39.3 Å². The highest BCUT2D eigenvalue weighted by Gasteiger charge is 2.15. The fraction of sp³-hybridized carbons (Fsp3) is 0.826. The maximum Gasteiger partial charge on any atom is 0.222 e. The van der Waals surface area contributed by atoms with Gasteiger partial charge in [-0.25, -0.2) is 0 Å². The van der Waals surface area contributed by atoms with Gasteiger partial charge >= 0.3 is 0 Å². The molecule has 0 atom stereocenters. The average Bonchev–Trinajstić information content (AvgIpc) is 3.15. The monoisotopic (exact) mass is 729 g/mol. The Kier molecular flexibility index (Phi) is 40.3. The van der Waals surface area contributed by atoms with E-state index in [2.05, 4.69) is 50.3 Å². The van der Waals surface area contributed by atoms with Crippen molar-refractivity contribution in [1.82, 2.24) is 9.80 Å². The first-order valence-electron chi connectivity index (χ1n) is 22.5. The highest BCUT2D eigenvalue weighted by molar-refractivity contribution is 5.76. The molecule has 0 radical (unpaired) electrons. The predicted octanol–water partition coefficient (Wildman–Crippen LogP) is 12.0. The van der Waals surface area contributed by atoms with Crippen LogP contribution in [0.3, 0.4) is 0 Å². The van der Waals surface area contributed by atoms with E-state index in [0.29, 0.717) is 25.9 Å². The lowest BCUT2D eigenvalue weighted by molar-refractivity contribution is -0.133. The van der Waals surface area contributed by atoms with Gasteiger partial charge in [0.05, 0.1) is 0 Å². The summed E-state index contributed by atoms with van der Waals surface area (Å²) in [6, 6.07) is 0. The summed E-state index contributed by atoms with van der Waals surface area (Å²) in [5.41, 5.74) is 11.6. The quantitative estimate of drug-likeness (QED) is 0.0485. The van der Waals surface area contributed by atoms with E-state index in [9.17, 15) is 9.59 Å². The molecule has 4 N–H and O–H groups in total. The lowest BCUT2D eigenvalue weighted by Gasteiger charge is -2.25. The van der Waals surface area contributed by atoms with Gasteiger partial charge in [-0.1, -0.05) is 134 Å². The van der Waals surface area contributed by atoms with Gasteiger partial charge in [-0.15, -0.1) is 0 Å². The maximum absolute atomic E-state index is 13.1. The third kappa shape index (κ3) is 35.1. The van der Waals surface area contributed by atoms with Gasteiger partial charge in [0.1, 0.15) is 0 Å². The third-order valence-corrected chi connectivity index (χ3v) is 10.1. The Labute approximate surface area is 324 Å². The first-order valence-corrected chi connectivity index (χ1v) is 22.5. The number of hydrogen-bond acceptors (Lipinski definition) is 4. The fourth-order valence-electron chi connectivity index (χ4n) is 6.64. The summed E-state index contributed by atoms with van der Waals surface area (Å²) in [4.78, 5) is 30.2. The summed E-state index contributed by atoms with van der Waals surface area (Å²) < 4.78 is 0. The van der Waals surface area contributed by atoms with Crippen molar-refractivity contribution in [3.63, 3.8) is 0 Å². The average molecular weight is 729 g/mol. The molecule has 0 spiro atoms. The normalized spacial score (nSPS) is 11.8. The molecule has 0 aliphatic rings. The van der Waals surface area contributed by atoms with Gasteiger partial charge in [0.2, 0.25) is 11.8 Å². The molecule has 0 saturated carbocycles. The first kappa shape index (κ1) is 50.1. The van der Waals surface area contributed by atoms with E-state index >= 15 is 0 Å². The van der Waals surface area contributed by atoms with E-state index < -0.39 is 0 Å². The van der Waals surface area contributed by atoms with Gasteiger partial charge in [-0.05, 0) is 109 Å². The Morgan fingerprint density at radius 2 is 0.692 bits per heavy atom. The van der Waals surface area contributed by atoms with E-state index in [-0.39, 0.29) is 11.8 Å². The first-order chi connectivity index (χ1) is 25.6. The minimum atomic E-state index is 0.263. The molecule has 0 bridgehead atoms. The Morgan fingerprint density at radius 1 is 0.385 bits per heavy atom. The zero-order valence-corrected chi connectivity index (χ0v) is 34.8. The summed E-state index contributed by atoms with van der Waals surface area (Å²) in [7, 11) is 0. The minimum Gasteiger partial charge on any atom is -0.343 e. The van der Waals surface area contributed by atoms with Crippen LogP contribution in [-0.4, -0.2) is 60.9 Å². The number of carbonyl (C=O) groups is 2. The van der Waals surface area contributed by atoms with Crippen molar-refractivity contribution < 1.29 is 9.59 Å². The van der Waals surface area contributed by atoms with E-state index in [1.807, 2.05) is 9.80 Å². The van der Waals surface area contributed by atoms with Crippen LogP contribution < -0.4 is 11.5 Å². The van der Waals surface area contributed by atoms with E-state index in [4.69, 9.17) is 11.5 Å². The number of nitrogens with zero attached hydrogens (tertiary/aromatic N) is 2. The van der Waals surface area contributed by atoms with Crippen molar-refractivity contribution in [3.8, 4) is 0 Å². The number of carbonyl (C=O) groups excluding carboxylic acids is 2. The molecule has 0 fully saturated rings. The smallest absolute Gasteiger partial charge is 0.222 e. The number of hydrogen-bond donors (Lipinski definition) is 2. The van der Waals surface area contributed by atoms with Gasteiger partial charge in [0.15, 0.2) is 0 Å². The molecule has 0 aliphatic carbocycles. The highest BCUT2D eigenvalue weighted by atomic mass is 16.2. The molecule has 2 amide bonds. The second-order valence-electron chi connectivity index (χ2n) is 15.1. The molecule has 6 nitrogen and oxygen atoms in total. The molecule has 52 heavy (non-hydrogen) atoms. The molecule has 0 heterocycles. The van der Waals surface area contributed by atoms with Crippen LogP contribution in [0.2, 0.25) is 0 Å². The number of rotatable bonds is 40. The van der Waals surface area contributed by atoms with Gasteiger partial charge in [-0.3, -0.25) is 9.59 Å². The molecule has 0 unspecified atom stereocenters. The number of nitrogens with two attached hydrogens (primary N) is 2. The zero-order valence-electron chi connectivity index (χ0n) is 34.8. The minimum absolute atomic E-state index is 0.263. The Morgan fingerprint density at radius 3 is 1.10 bits per heavy atom. The Balaban J connectivity index is 4.16. The van der Waals surface area contributed by atoms with Crippen molar-refractivity contribution >= 4 is 11.8 Å². The molecule has 0 aromatic carbocycles. The van der Waals surface area contributed by atoms with Gasteiger partial charge in [0.25, 0.3) is 0 Å². The number of unbranched alkanes of at least 4 members (excludes halogenated alkanes) is 20. The Hall–Kier alpha value is -1.92. The SMILES string of the molecule is CCCCC/C=C\C/C=C\CCCCCCCC(=O)N(CCCN)CCCCN(CCCN)C(=O)CCCCCCC/C=C\CCCCCCCC. The van der Waals surface area contributed by atoms with Crippen LogP contribution in [0.25, 0.3) is 0 Å². The molecular formula is C46H88N4O2. The molecular weight excluding hydrogens is 641 g/mol. The molecule has 304 valence electrons. The second kappa shape index (κ2) is 41.8. The van der Waals surface area contributed by atoms with Gasteiger partial charge in [-0.2, -0.15) is 0 Å². The summed E-state index contributed by atoms with van der Waals surface area (Å²) in [5.74, 6) is 0.530. The molecule has 0 aromatic heterocycles. The molecule has 0 saturated heterocycles. The maximum atomic E-state index is 13.1. The van der Waals surface area contributed by atoms with E-state index in [1.54, 1.807) is 0 Å². The fourth-order valence-corrected chi connectivity index (χ4v) is 6.64. The van der Waals surface area contributed by atoms with Crippen molar-refractivity contribution in [2.45, 2.75) is 206 Å². The second-order valence-corrected chi connectivity index (χ2v) is 15.1. The highest BCUT2D eigenvalue weighted by Crippen LogP contribution is 2.13. The Bertz CT molecular complexity index is 855. The predicted molar refractivity (Wildman–Crippen MR) is 229 cm³/mol. The van der Waals surface area contributed by atoms with Crippen LogP contribution in [-0.2, 0) is 9.59 Å². The van der Waals surface area contributed by atoms with Crippen molar-refractivity contribution in [2.24, 2.45) is 11.5 Å². The lowest BCUT2D eigenvalue weighted by Crippen LogP contribution is -2.36. The van der Waals surface area contributed by atoms with Crippen LogP contribution >= 0.6 is 0 Å². The molecule has 0 aliphatic heterocycles. The molecule has 0 rings (SSSR count). The van der Waals surface area contributed by atoms with Crippen LogP contribution in [0.5, 0.6) is 0 Å². The topological polar surface area (TPSA) is 92.7 Å². The number of amides is 2. The van der Waals surface area contributed by atoms with E-state index in [1.165, 1.54) is 116 Å². The van der Waals surface area contributed by atoms with Crippen LogP contribution in [0.15, 0.2) is 36.5 Å². The van der Waals surface area contributed by atoms with Crippen LogP contribution in [0, 0.1) is 0 Å². The van der Waals surface area contributed by atoms with Crippen molar-refractivity contribution in [1.29, 1.82) is 0 Å². The van der Waals surface area contributed by atoms with Crippen LogP contribution in [0.1, 0.15) is 206 Å². The summed E-state index contributed by atoms with van der Waals surface area (Å²) in [5, 5.41) is 0. The molecule has 0 aromatic rings. The van der Waals surface area contributed by atoms with E-state index in [0.717, 1.165) is 90.4 Å². The van der Waals surface area contributed by atoms with Crippen molar-refractivity contribution in [3.05, 3.63) is 36.5 Å². The summed E-state index contributed by atoms with van der Waals surface area (Å²) in [6.07, 6.45) is 48.3.